The number of carboxylic acid groups (broad SMARTS) is 1. The summed E-state index contributed by atoms with van der Waals surface area (Å²) >= 11 is 0. The van der Waals surface area contributed by atoms with Gasteiger partial charge >= 0.3 is 5.97 Å². The van der Waals surface area contributed by atoms with E-state index in [0.717, 1.165) is 24.7 Å². The SMILES string of the molecule is C[C@@H]1C[C@@]23C[C@H]1CC[C@@H]2[C@@]1(C)CC=C(C(=O)O)C(C)(C)[C@@H]1CC3O. The molecule has 0 aromatic rings. The highest BCUT2D eigenvalue weighted by Gasteiger charge is 2.67. The van der Waals surface area contributed by atoms with Crippen LogP contribution in [-0.4, -0.2) is 22.3 Å². The maximum Gasteiger partial charge on any atom is 0.331 e. The van der Waals surface area contributed by atoms with Crippen LogP contribution in [0.1, 0.15) is 66.2 Å². The zero-order valence-corrected chi connectivity index (χ0v) is 15.5. The van der Waals surface area contributed by atoms with E-state index < -0.39 is 5.97 Å². The summed E-state index contributed by atoms with van der Waals surface area (Å²) in [6.45, 7) is 8.94. The number of aliphatic carboxylic acids is 1. The third-order valence-corrected chi connectivity index (χ3v) is 8.93. The molecule has 0 amide bonds. The van der Waals surface area contributed by atoms with E-state index in [1.54, 1.807) is 0 Å². The Morgan fingerprint density at radius 2 is 1.88 bits per heavy atom. The molecule has 4 aliphatic rings. The zero-order valence-electron chi connectivity index (χ0n) is 15.5. The van der Waals surface area contributed by atoms with E-state index >= 15 is 0 Å². The molecule has 3 nitrogen and oxygen atoms in total. The predicted molar refractivity (Wildman–Crippen MR) is 93.4 cm³/mol. The van der Waals surface area contributed by atoms with Crippen molar-refractivity contribution in [1.29, 1.82) is 0 Å². The Balaban J connectivity index is 1.80. The highest BCUT2D eigenvalue weighted by molar-refractivity contribution is 5.88. The number of hydrogen-bond acceptors (Lipinski definition) is 2. The zero-order chi connectivity index (χ0) is 17.5. The first-order chi connectivity index (χ1) is 11.1. The molecule has 2 N–H and O–H groups in total. The van der Waals surface area contributed by atoms with Crippen LogP contribution in [0.3, 0.4) is 0 Å². The van der Waals surface area contributed by atoms with Gasteiger partial charge in [0.1, 0.15) is 0 Å². The Morgan fingerprint density at radius 1 is 1.17 bits per heavy atom. The van der Waals surface area contributed by atoms with Crippen molar-refractivity contribution < 1.29 is 15.0 Å². The molecule has 3 fully saturated rings. The lowest BCUT2D eigenvalue weighted by atomic mass is 9.40. The molecule has 0 saturated heterocycles. The van der Waals surface area contributed by atoms with Gasteiger partial charge in [0.2, 0.25) is 0 Å². The van der Waals surface area contributed by atoms with E-state index in [0.29, 0.717) is 11.5 Å². The Kier molecular flexibility index (Phi) is 3.37. The fourth-order valence-electron chi connectivity index (χ4n) is 7.88. The molecule has 134 valence electrons. The largest absolute Gasteiger partial charge is 0.478 e. The molecule has 1 spiro atoms. The van der Waals surface area contributed by atoms with Gasteiger partial charge in [0, 0.05) is 11.0 Å². The summed E-state index contributed by atoms with van der Waals surface area (Å²) in [7, 11) is 0. The molecule has 0 aromatic heterocycles. The van der Waals surface area contributed by atoms with Crippen molar-refractivity contribution in [3.63, 3.8) is 0 Å². The first-order valence-corrected chi connectivity index (χ1v) is 9.75. The minimum absolute atomic E-state index is 0.0955. The topological polar surface area (TPSA) is 57.5 Å². The van der Waals surface area contributed by atoms with Crippen LogP contribution in [0.25, 0.3) is 0 Å². The van der Waals surface area contributed by atoms with E-state index in [9.17, 15) is 15.0 Å². The van der Waals surface area contributed by atoms with Crippen molar-refractivity contribution in [3.8, 4) is 0 Å². The molecule has 2 bridgehead atoms. The van der Waals surface area contributed by atoms with Gasteiger partial charge in [-0.3, -0.25) is 0 Å². The molecule has 3 heteroatoms. The molecule has 7 atom stereocenters. The van der Waals surface area contributed by atoms with Crippen LogP contribution < -0.4 is 0 Å². The monoisotopic (exact) mass is 332 g/mol. The molecule has 0 heterocycles. The average molecular weight is 332 g/mol. The number of carbonyl (C=O) groups is 1. The Hall–Kier alpha value is -0.830. The van der Waals surface area contributed by atoms with Crippen molar-refractivity contribution in [1.82, 2.24) is 0 Å². The number of hydrogen-bond donors (Lipinski definition) is 2. The molecule has 4 rings (SSSR count). The number of carboxylic acids is 1. The number of aliphatic hydroxyl groups is 1. The number of fused-ring (bicyclic) bond motifs is 3. The Bertz CT molecular complexity index is 602. The van der Waals surface area contributed by atoms with Gasteiger partial charge in [0.05, 0.1) is 6.10 Å². The summed E-state index contributed by atoms with van der Waals surface area (Å²) in [5.74, 6) is 1.52. The second kappa shape index (κ2) is 4.87. The van der Waals surface area contributed by atoms with Gasteiger partial charge in [-0.1, -0.05) is 33.8 Å². The fourth-order valence-corrected chi connectivity index (χ4v) is 7.88. The molecule has 24 heavy (non-hydrogen) atoms. The van der Waals surface area contributed by atoms with Gasteiger partial charge in [0.25, 0.3) is 0 Å². The van der Waals surface area contributed by atoms with E-state index in [4.69, 9.17) is 0 Å². The molecular formula is C21H32O3. The fraction of sp³-hybridized carbons (Fsp3) is 0.857. The second-order valence-corrected chi connectivity index (χ2v) is 10.2. The number of rotatable bonds is 1. The van der Waals surface area contributed by atoms with Crippen LogP contribution in [0, 0.1) is 39.9 Å². The van der Waals surface area contributed by atoms with Gasteiger partial charge in [-0.2, -0.15) is 0 Å². The number of allylic oxidation sites excluding steroid dienone is 1. The van der Waals surface area contributed by atoms with E-state index in [-0.39, 0.29) is 28.3 Å². The normalized spacial score (nSPS) is 52.2. The van der Waals surface area contributed by atoms with Gasteiger partial charge in [-0.25, -0.2) is 4.79 Å². The van der Waals surface area contributed by atoms with Crippen LogP contribution in [0.5, 0.6) is 0 Å². The summed E-state index contributed by atoms with van der Waals surface area (Å²) < 4.78 is 0. The quantitative estimate of drug-likeness (QED) is 0.754. The lowest BCUT2D eigenvalue weighted by Gasteiger charge is -2.64. The summed E-state index contributed by atoms with van der Waals surface area (Å²) in [6, 6.07) is 0. The van der Waals surface area contributed by atoms with Crippen molar-refractivity contribution in [2.24, 2.45) is 39.9 Å². The molecule has 0 radical (unpaired) electrons. The van der Waals surface area contributed by atoms with Gasteiger partial charge in [-0.15, -0.1) is 0 Å². The third kappa shape index (κ3) is 1.85. The van der Waals surface area contributed by atoms with Crippen LogP contribution in [0.4, 0.5) is 0 Å². The molecule has 3 saturated carbocycles. The maximum absolute atomic E-state index is 11.8. The second-order valence-electron chi connectivity index (χ2n) is 10.2. The molecule has 0 aliphatic heterocycles. The third-order valence-electron chi connectivity index (χ3n) is 8.93. The highest BCUT2D eigenvalue weighted by atomic mass is 16.4. The Morgan fingerprint density at radius 3 is 2.54 bits per heavy atom. The summed E-state index contributed by atoms with van der Waals surface area (Å²) in [6.07, 6.45) is 8.24. The smallest absolute Gasteiger partial charge is 0.331 e. The van der Waals surface area contributed by atoms with Gasteiger partial charge < -0.3 is 10.2 Å². The number of aliphatic hydroxyl groups excluding tert-OH is 1. The minimum atomic E-state index is -0.782. The summed E-state index contributed by atoms with van der Waals surface area (Å²) in [4.78, 5) is 11.8. The van der Waals surface area contributed by atoms with Crippen molar-refractivity contribution >= 4 is 5.97 Å². The lowest BCUT2D eigenvalue weighted by Crippen LogP contribution is -2.61. The van der Waals surface area contributed by atoms with Gasteiger partial charge in [-0.05, 0) is 73.0 Å². The molecule has 4 aliphatic carbocycles. The van der Waals surface area contributed by atoms with Crippen LogP contribution in [-0.2, 0) is 4.79 Å². The van der Waals surface area contributed by atoms with Crippen molar-refractivity contribution in [2.45, 2.75) is 72.3 Å². The lowest BCUT2D eigenvalue weighted by molar-refractivity contribution is -0.181. The average Bonchev–Trinajstić information content (AvgIpc) is 2.73. The Labute approximate surface area is 145 Å². The standard InChI is InChI=1S/C21H32O3/c1-12-10-21-11-13(12)5-6-15(21)20(4)8-7-14(18(23)24)19(2,3)16(20)9-17(21)22/h7,12-13,15-17,22H,5-6,8-11H2,1-4H3,(H,23,24)/t12-,13-,15-,16+,17?,20-,21-/m1/s1. The molecular weight excluding hydrogens is 300 g/mol. The van der Waals surface area contributed by atoms with E-state index in [1.807, 2.05) is 6.08 Å². The first kappa shape index (κ1) is 16.6. The summed E-state index contributed by atoms with van der Waals surface area (Å²) in [5.41, 5.74) is 0.402. The maximum atomic E-state index is 11.8. The van der Waals surface area contributed by atoms with Gasteiger partial charge in [0.15, 0.2) is 0 Å². The van der Waals surface area contributed by atoms with Crippen molar-refractivity contribution in [2.75, 3.05) is 0 Å². The predicted octanol–water partition coefficient (Wildman–Crippen LogP) is 4.26. The van der Waals surface area contributed by atoms with Crippen LogP contribution >= 0.6 is 0 Å². The summed E-state index contributed by atoms with van der Waals surface area (Å²) in [5, 5.41) is 20.9. The van der Waals surface area contributed by atoms with Crippen LogP contribution in [0.2, 0.25) is 0 Å². The minimum Gasteiger partial charge on any atom is -0.478 e. The first-order valence-electron chi connectivity index (χ1n) is 9.75. The molecule has 0 aromatic carbocycles. The molecule has 1 unspecified atom stereocenters. The van der Waals surface area contributed by atoms with Crippen molar-refractivity contribution in [3.05, 3.63) is 11.6 Å². The van der Waals surface area contributed by atoms with Crippen LogP contribution in [0.15, 0.2) is 11.6 Å². The van der Waals surface area contributed by atoms with E-state index in [2.05, 4.69) is 27.7 Å². The van der Waals surface area contributed by atoms with E-state index in [1.165, 1.54) is 25.7 Å². The highest BCUT2D eigenvalue weighted by Crippen LogP contribution is 2.72.